The Morgan fingerprint density at radius 3 is 2.86 bits per heavy atom. The van der Waals surface area contributed by atoms with Crippen LogP contribution in [0.2, 0.25) is 0 Å². The van der Waals surface area contributed by atoms with Gasteiger partial charge in [0.25, 0.3) is 5.91 Å². The van der Waals surface area contributed by atoms with Gasteiger partial charge in [0, 0.05) is 21.9 Å². The van der Waals surface area contributed by atoms with Gasteiger partial charge in [-0.15, -0.1) is 0 Å². The fourth-order valence-corrected chi connectivity index (χ4v) is 2.70. The van der Waals surface area contributed by atoms with Gasteiger partial charge in [-0.3, -0.25) is 14.6 Å². The van der Waals surface area contributed by atoms with Gasteiger partial charge >= 0.3 is 0 Å². The average Bonchev–Trinajstić information content (AvgIpc) is 2.72. The van der Waals surface area contributed by atoms with E-state index in [0.717, 1.165) is 4.47 Å². The van der Waals surface area contributed by atoms with Gasteiger partial charge in [-0.1, -0.05) is 22.0 Å². The van der Waals surface area contributed by atoms with E-state index in [-0.39, 0.29) is 17.9 Å². The van der Waals surface area contributed by atoms with Gasteiger partial charge in [0.05, 0.1) is 6.42 Å². The lowest BCUT2D eigenvalue weighted by atomic mass is 9.89. The standard InChI is InChI=1S/C15H11BrN2O3/c16-9-4-5-11-10(7-9)15(21,14(20)18-11)8-13(19)12-3-1-2-6-17-12/h1-7,21H,8H2,(H,18,20)/t15-/m0/s1. The average molecular weight is 347 g/mol. The molecule has 0 spiro atoms. The maximum Gasteiger partial charge on any atom is 0.261 e. The monoisotopic (exact) mass is 346 g/mol. The molecule has 1 amide bonds. The molecule has 0 unspecified atom stereocenters. The maximum absolute atomic E-state index is 12.2. The molecule has 0 radical (unpaired) electrons. The molecule has 1 aromatic heterocycles. The van der Waals surface area contributed by atoms with E-state index in [2.05, 4.69) is 26.2 Å². The van der Waals surface area contributed by atoms with Crippen molar-refractivity contribution in [3.8, 4) is 0 Å². The summed E-state index contributed by atoms with van der Waals surface area (Å²) in [4.78, 5) is 28.3. The third-order valence-electron chi connectivity index (χ3n) is 3.42. The molecule has 1 aliphatic rings. The Morgan fingerprint density at radius 2 is 2.14 bits per heavy atom. The molecule has 3 rings (SSSR count). The molecule has 6 heteroatoms. The summed E-state index contributed by atoms with van der Waals surface area (Å²) in [7, 11) is 0. The molecule has 5 nitrogen and oxygen atoms in total. The van der Waals surface area contributed by atoms with Crippen LogP contribution in [0.5, 0.6) is 0 Å². The number of carbonyl (C=O) groups is 2. The largest absolute Gasteiger partial charge is 0.375 e. The van der Waals surface area contributed by atoms with Gasteiger partial charge in [-0.05, 0) is 30.3 Å². The molecule has 0 fully saturated rings. The van der Waals surface area contributed by atoms with Gasteiger partial charge in [-0.2, -0.15) is 0 Å². The summed E-state index contributed by atoms with van der Waals surface area (Å²) >= 11 is 3.30. The number of halogens is 1. The minimum atomic E-state index is -1.87. The van der Waals surface area contributed by atoms with Crippen molar-refractivity contribution in [2.24, 2.45) is 0 Å². The normalized spacial score (nSPS) is 20.0. The van der Waals surface area contributed by atoms with Gasteiger partial charge in [-0.25, -0.2) is 0 Å². The topological polar surface area (TPSA) is 79.3 Å². The molecular formula is C15H11BrN2O3. The summed E-state index contributed by atoms with van der Waals surface area (Å²) in [6.45, 7) is 0. The number of benzene rings is 1. The molecule has 0 saturated carbocycles. The number of aliphatic hydroxyl groups is 1. The lowest BCUT2D eigenvalue weighted by Gasteiger charge is -2.19. The summed E-state index contributed by atoms with van der Waals surface area (Å²) in [5.41, 5.74) is -0.735. The zero-order chi connectivity index (χ0) is 15.0. The van der Waals surface area contributed by atoms with E-state index < -0.39 is 11.5 Å². The van der Waals surface area contributed by atoms with Gasteiger partial charge in [0.15, 0.2) is 11.4 Å². The predicted molar refractivity (Wildman–Crippen MR) is 79.9 cm³/mol. The Hall–Kier alpha value is -2.05. The number of pyridine rings is 1. The van der Waals surface area contributed by atoms with Crippen LogP contribution in [-0.2, 0) is 10.4 Å². The highest BCUT2D eigenvalue weighted by Crippen LogP contribution is 2.40. The molecular weight excluding hydrogens is 336 g/mol. The van der Waals surface area contributed by atoms with Crippen molar-refractivity contribution >= 4 is 33.3 Å². The van der Waals surface area contributed by atoms with Crippen molar-refractivity contribution in [1.29, 1.82) is 0 Å². The molecule has 0 saturated heterocycles. The summed E-state index contributed by atoms with van der Waals surface area (Å²) < 4.78 is 0.724. The van der Waals surface area contributed by atoms with Crippen molar-refractivity contribution in [2.75, 3.05) is 5.32 Å². The smallest absolute Gasteiger partial charge is 0.261 e. The van der Waals surface area contributed by atoms with Crippen LogP contribution in [0, 0.1) is 0 Å². The minimum Gasteiger partial charge on any atom is -0.375 e. The molecule has 2 heterocycles. The van der Waals surface area contributed by atoms with E-state index in [1.54, 1.807) is 36.4 Å². The summed E-state index contributed by atoms with van der Waals surface area (Å²) in [6.07, 6.45) is 1.15. The summed E-state index contributed by atoms with van der Waals surface area (Å²) in [6, 6.07) is 10.0. The van der Waals surface area contributed by atoms with Crippen LogP contribution < -0.4 is 5.32 Å². The zero-order valence-electron chi connectivity index (χ0n) is 10.8. The van der Waals surface area contributed by atoms with Crippen LogP contribution in [0.4, 0.5) is 5.69 Å². The number of fused-ring (bicyclic) bond motifs is 1. The SMILES string of the molecule is O=C(C[C@@]1(O)C(=O)Nc2ccc(Br)cc21)c1ccccn1. The Morgan fingerprint density at radius 1 is 1.33 bits per heavy atom. The Labute approximate surface area is 129 Å². The first-order chi connectivity index (χ1) is 10.0. The number of aromatic nitrogens is 1. The van der Waals surface area contributed by atoms with Crippen molar-refractivity contribution in [3.05, 3.63) is 58.3 Å². The first-order valence-corrected chi connectivity index (χ1v) is 7.08. The lowest BCUT2D eigenvalue weighted by molar-refractivity contribution is -0.133. The van der Waals surface area contributed by atoms with Crippen LogP contribution in [0.1, 0.15) is 22.5 Å². The van der Waals surface area contributed by atoms with E-state index in [4.69, 9.17) is 0 Å². The Bertz CT molecular complexity index is 733. The van der Waals surface area contributed by atoms with Crippen LogP contribution in [-0.4, -0.2) is 21.8 Å². The zero-order valence-corrected chi connectivity index (χ0v) is 12.4. The molecule has 1 aromatic carbocycles. The van der Waals surface area contributed by atoms with Crippen molar-refractivity contribution in [1.82, 2.24) is 4.98 Å². The van der Waals surface area contributed by atoms with E-state index in [9.17, 15) is 14.7 Å². The molecule has 0 aliphatic carbocycles. The molecule has 106 valence electrons. The molecule has 0 bridgehead atoms. The van der Waals surface area contributed by atoms with E-state index >= 15 is 0 Å². The van der Waals surface area contributed by atoms with Crippen LogP contribution in [0.3, 0.4) is 0 Å². The number of nitrogens with zero attached hydrogens (tertiary/aromatic N) is 1. The molecule has 21 heavy (non-hydrogen) atoms. The third kappa shape index (κ3) is 2.36. The fraction of sp³-hybridized carbons (Fsp3) is 0.133. The molecule has 2 N–H and O–H groups in total. The van der Waals surface area contributed by atoms with Gasteiger partial charge in [0.2, 0.25) is 0 Å². The quantitative estimate of drug-likeness (QED) is 0.835. The second-order valence-corrected chi connectivity index (χ2v) is 5.73. The second kappa shape index (κ2) is 5.05. The number of amides is 1. The fourth-order valence-electron chi connectivity index (χ4n) is 2.34. The summed E-state index contributed by atoms with van der Waals surface area (Å²) in [5.74, 6) is -0.985. The highest BCUT2D eigenvalue weighted by molar-refractivity contribution is 9.10. The number of rotatable bonds is 3. The lowest BCUT2D eigenvalue weighted by Crippen LogP contribution is -2.36. The van der Waals surface area contributed by atoms with Crippen LogP contribution in [0.15, 0.2) is 47.1 Å². The second-order valence-electron chi connectivity index (χ2n) is 4.82. The van der Waals surface area contributed by atoms with Crippen LogP contribution in [0.25, 0.3) is 0 Å². The van der Waals surface area contributed by atoms with E-state index in [1.807, 2.05) is 0 Å². The van der Waals surface area contributed by atoms with Crippen molar-refractivity contribution in [2.45, 2.75) is 12.0 Å². The predicted octanol–water partition coefficient (Wildman–Crippen LogP) is 2.26. The molecule has 1 atom stereocenters. The summed E-state index contributed by atoms with van der Waals surface area (Å²) in [5, 5.41) is 13.3. The van der Waals surface area contributed by atoms with E-state index in [0.29, 0.717) is 11.3 Å². The van der Waals surface area contributed by atoms with Gasteiger partial charge < -0.3 is 10.4 Å². The van der Waals surface area contributed by atoms with Crippen molar-refractivity contribution in [3.63, 3.8) is 0 Å². The highest BCUT2D eigenvalue weighted by Gasteiger charge is 2.47. The first-order valence-electron chi connectivity index (χ1n) is 6.29. The third-order valence-corrected chi connectivity index (χ3v) is 3.91. The number of anilines is 1. The maximum atomic E-state index is 12.2. The number of Topliss-reactive ketones (excluding diaryl/α,β-unsaturated/α-hetero) is 1. The van der Waals surface area contributed by atoms with Gasteiger partial charge in [0.1, 0.15) is 5.69 Å². The number of ketones is 1. The first kappa shape index (κ1) is 13.9. The Kier molecular flexibility index (Phi) is 3.35. The Balaban J connectivity index is 1.97. The molecule has 1 aliphatic heterocycles. The minimum absolute atomic E-state index is 0.224. The number of carbonyl (C=O) groups excluding carboxylic acids is 2. The number of hydrogen-bond acceptors (Lipinski definition) is 4. The highest BCUT2D eigenvalue weighted by atomic mass is 79.9. The number of nitrogens with one attached hydrogen (secondary N) is 1. The van der Waals surface area contributed by atoms with Crippen molar-refractivity contribution < 1.29 is 14.7 Å². The number of hydrogen-bond donors (Lipinski definition) is 2. The van der Waals surface area contributed by atoms with E-state index in [1.165, 1.54) is 6.20 Å². The van der Waals surface area contributed by atoms with Crippen LogP contribution >= 0.6 is 15.9 Å². The molecule has 2 aromatic rings.